The predicted octanol–water partition coefficient (Wildman–Crippen LogP) is 3.85. The van der Waals surface area contributed by atoms with E-state index in [1.807, 2.05) is 48.5 Å². The number of amides is 1. The third-order valence-electron chi connectivity index (χ3n) is 4.25. The number of hydrogen-bond acceptors (Lipinski definition) is 3. The molecule has 0 saturated heterocycles. The smallest absolute Gasteiger partial charge is 0.258 e. The summed E-state index contributed by atoms with van der Waals surface area (Å²) in [6, 6.07) is 16.2. The lowest BCUT2D eigenvalue weighted by atomic mass is 10.1. The summed E-state index contributed by atoms with van der Waals surface area (Å²) in [5, 5.41) is 7.14. The molecule has 0 aliphatic heterocycles. The molecule has 1 fully saturated rings. The van der Waals surface area contributed by atoms with E-state index in [9.17, 15) is 4.79 Å². The van der Waals surface area contributed by atoms with Crippen LogP contribution in [0.1, 0.15) is 36.9 Å². The van der Waals surface area contributed by atoms with Gasteiger partial charge in [0.1, 0.15) is 5.75 Å². The molecule has 0 heterocycles. The largest absolute Gasteiger partial charge is 0.484 e. The molecule has 0 spiro atoms. The molecule has 2 aromatic carbocycles. The average molecular weight is 359 g/mol. The Hall–Kier alpha value is -2.04. The van der Waals surface area contributed by atoms with Gasteiger partial charge in [0.15, 0.2) is 6.61 Å². The van der Waals surface area contributed by atoms with E-state index in [1.165, 1.54) is 0 Å². The van der Waals surface area contributed by atoms with Crippen molar-refractivity contribution in [1.29, 1.82) is 0 Å². The van der Waals surface area contributed by atoms with Crippen molar-refractivity contribution in [3.8, 4) is 5.75 Å². The van der Waals surface area contributed by atoms with Gasteiger partial charge in [0, 0.05) is 23.7 Å². The number of rotatable bonds is 8. The maximum Gasteiger partial charge on any atom is 0.258 e. The highest BCUT2D eigenvalue weighted by Crippen LogP contribution is 2.20. The maximum absolute atomic E-state index is 11.6. The Kier molecular flexibility index (Phi) is 5.95. The van der Waals surface area contributed by atoms with Crippen molar-refractivity contribution in [3.63, 3.8) is 0 Å². The van der Waals surface area contributed by atoms with Crippen LogP contribution in [0.25, 0.3) is 0 Å². The standard InChI is InChI=1S/C20H23ClN2O2/c1-14(22-12-16-4-2-3-5-19(16)21)15-6-10-18(11-7-15)25-13-20(24)23-17-8-9-17/h2-7,10-11,14,17,22H,8-9,12-13H2,1H3,(H,23,24)/t14-/m0/s1. The molecular weight excluding hydrogens is 336 g/mol. The quantitative estimate of drug-likeness (QED) is 0.753. The van der Waals surface area contributed by atoms with Crippen LogP contribution in [0.15, 0.2) is 48.5 Å². The van der Waals surface area contributed by atoms with Crippen LogP contribution in [0.2, 0.25) is 5.02 Å². The number of nitrogens with one attached hydrogen (secondary N) is 2. The van der Waals surface area contributed by atoms with Gasteiger partial charge < -0.3 is 15.4 Å². The first-order valence-corrected chi connectivity index (χ1v) is 8.98. The van der Waals surface area contributed by atoms with Crippen molar-refractivity contribution in [2.24, 2.45) is 0 Å². The molecule has 0 bridgehead atoms. The zero-order chi connectivity index (χ0) is 17.6. The lowest BCUT2D eigenvalue weighted by Crippen LogP contribution is -2.30. The zero-order valence-corrected chi connectivity index (χ0v) is 15.1. The van der Waals surface area contributed by atoms with E-state index in [2.05, 4.69) is 17.6 Å². The number of carbonyl (C=O) groups excluding carboxylic acids is 1. The SMILES string of the molecule is C[C@H](NCc1ccccc1Cl)c1ccc(OCC(=O)NC2CC2)cc1. The first-order chi connectivity index (χ1) is 12.1. The summed E-state index contributed by atoms with van der Waals surface area (Å²) in [6.07, 6.45) is 2.17. The topological polar surface area (TPSA) is 50.4 Å². The van der Waals surface area contributed by atoms with Gasteiger partial charge in [-0.05, 0) is 49.1 Å². The van der Waals surface area contributed by atoms with Crippen LogP contribution in [0, 0.1) is 0 Å². The van der Waals surface area contributed by atoms with Crippen molar-refractivity contribution in [2.45, 2.75) is 38.4 Å². The Morgan fingerprint density at radius 2 is 1.92 bits per heavy atom. The number of hydrogen-bond donors (Lipinski definition) is 2. The molecule has 132 valence electrons. The molecule has 2 aromatic rings. The minimum atomic E-state index is -0.0543. The molecule has 1 saturated carbocycles. The van der Waals surface area contributed by atoms with Crippen LogP contribution in [-0.4, -0.2) is 18.6 Å². The highest BCUT2D eigenvalue weighted by atomic mass is 35.5. The van der Waals surface area contributed by atoms with E-state index in [4.69, 9.17) is 16.3 Å². The summed E-state index contributed by atoms with van der Waals surface area (Å²) in [5.41, 5.74) is 2.24. The summed E-state index contributed by atoms with van der Waals surface area (Å²) in [5.74, 6) is 0.648. The average Bonchev–Trinajstić information content (AvgIpc) is 3.43. The van der Waals surface area contributed by atoms with Crippen LogP contribution >= 0.6 is 11.6 Å². The first kappa shape index (κ1) is 17.8. The van der Waals surface area contributed by atoms with E-state index >= 15 is 0 Å². The first-order valence-electron chi connectivity index (χ1n) is 8.61. The summed E-state index contributed by atoms with van der Waals surface area (Å²) < 4.78 is 5.53. The maximum atomic E-state index is 11.6. The fourth-order valence-electron chi connectivity index (χ4n) is 2.52. The molecule has 25 heavy (non-hydrogen) atoms. The van der Waals surface area contributed by atoms with E-state index in [0.717, 1.165) is 29.0 Å². The van der Waals surface area contributed by atoms with Gasteiger partial charge in [-0.1, -0.05) is 41.9 Å². The third-order valence-corrected chi connectivity index (χ3v) is 4.62. The molecule has 1 aliphatic rings. The Bertz CT molecular complexity index is 714. The lowest BCUT2D eigenvalue weighted by Gasteiger charge is -2.15. The molecule has 1 atom stereocenters. The normalized spacial score (nSPS) is 14.8. The molecule has 2 N–H and O–H groups in total. The van der Waals surface area contributed by atoms with Gasteiger partial charge in [0.05, 0.1) is 0 Å². The van der Waals surface area contributed by atoms with Crippen LogP contribution in [0.4, 0.5) is 0 Å². The number of carbonyl (C=O) groups is 1. The second kappa shape index (κ2) is 8.37. The summed E-state index contributed by atoms with van der Waals surface area (Å²) in [6.45, 7) is 2.88. The molecule has 3 rings (SSSR count). The Labute approximate surface area is 153 Å². The second-order valence-corrected chi connectivity index (χ2v) is 6.80. The minimum Gasteiger partial charge on any atom is -0.484 e. The Balaban J connectivity index is 1.47. The van der Waals surface area contributed by atoms with Gasteiger partial charge in [-0.3, -0.25) is 4.79 Å². The molecule has 4 nitrogen and oxygen atoms in total. The van der Waals surface area contributed by atoms with Crippen molar-refractivity contribution >= 4 is 17.5 Å². The fraction of sp³-hybridized carbons (Fsp3) is 0.350. The van der Waals surface area contributed by atoms with Gasteiger partial charge in [0.25, 0.3) is 5.91 Å². The van der Waals surface area contributed by atoms with Gasteiger partial charge in [-0.2, -0.15) is 0 Å². The molecule has 0 radical (unpaired) electrons. The van der Waals surface area contributed by atoms with Crippen molar-refractivity contribution in [3.05, 3.63) is 64.7 Å². The van der Waals surface area contributed by atoms with Gasteiger partial charge in [-0.25, -0.2) is 0 Å². The monoisotopic (exact) mass is 358 g/mol. The predicted molar refractivity (Wildman–Crippen MR) is 99.8 cm³/mol. The molecule has 0 unspecified atom stereocenters. The van der Waals surface area contributed by atoms with Crippen LogP contribution in [-0.2, 0) is 11.3 Å². The molecule has 0 aromatic heterocycles. The molecule has 5 heteroatoms. The molecular formula is C20H23ClN2O2. The second-order valence-electron chi connectivity index (χ2n) is 6.39. The highest BCUT2D eigenvalue weighted by molar-refractivity contribution is 6.31. The summed E-state index contributed by atoms with van der Waals surface area (Å²) in [4.78, 5) is 11.6. The summed E-state index contributed by atoms with van der Waals surface area (Å²) in [7, 11) is 0. The highest BCUT2D eigenvalue weighted by Gasteiger charge is 2.23. The van der Waals surface area contributed by atoms with Crippen molar-refractivity contribution < 1.29 is 9.53 Å². The lowest BCUT2D eigenvalue weighted by molar-refractivity contribution is -0.123. The molecule has 1 aliphatic carbocycles. The third kappa shape index (κ3) is 5.48. The number of halogens is 1. The number of benzene rings is 2. The van der Waals surface area contributed by atoms with Crippen LogP contribution < -0.4 is 15.4 Å². The Morgan fingerprint density at radius 3 is 2.60 bits per heavy atom. The van der Waals surface area contributed by atoms with E-state index in [1.54, 1.807) is 0 Å². The van der Waals surface area contributed by atoms with E-state index in [-0.39, 0.29) is 18.6 Å². The zero-order valence-electron chi connectivity index (χ0n) is 14.3. The van der Waals surface area contributed by atoms with Crippen molar-refractivity contribution in [1.82, 2.24) is 10.6 Å². The van der Waals surface area contributed by atoms with E-state index in [0.29, 0.717) is 18.3 Å². The van der Waals surface area contributed by atoms with Gasteiger partial charge in [0.2, 0.25) is 0 Å². The van der Waals surface area contributed by atoms with E-state index < -0.39 is 0 Å². The van der Waals surface area contributed by atoms with Crippen molar-refractivity contribution in [2.75, 3.05) is 6.61 Å². The van der Waals surface area contributed by atoms with Gasteiger partial charge in [-0.15, -0.1) is 0 Å². The fourth-order valence-corrected chi connectivity index (χ4v) is 2.72. The number of ether oxygens (including phenoxy) is 1. The Morgan fingerprint density at radius 1 is 1.20 bits per heavy atom. The van der Waals surface area contributed by atoms with Crippen LogP contribution in [0.3, 0.4) is 0 Å². The molecule has 1 amide bonds. The summed E-state index contributed by atoms with van der Waals surface area (Å²) >= 11 is 6.18. The van der Waals surface area contributed by atoms with Gasteiger partial charge >= 0.3 is 0 Å². The van der Waals surface area contributed by atoms with Crippen LogP contribution in [0.5, 0.6) is 5.75 Å². The minimum absolute atomic E-state index is 0.0543.